The van der Waals surface area contributed by atoms with Crippen molar-refractivity contribution in [1.29, 1.82) is 0 Å². The fourth-order valence-electron chi connectivity index (χ4n) is 2.08. The van der Waals surface area contributed by atoms with Crippen molar-refractivity contribution in [2.45, 2.75) is 6.42 Å². The van der Waals surface area contributed by atoms with Crippen molar-refractivity contribution in [2.75, 3.05) is 18.0 Å². The van der Waals surface area contributed by atoms with Crippen molar-refractivity contribution in [3.05, 3.63) is 72.3 Å². The number of nitrogens with zero attached hydrogens (tertiary/aromatic N) is 1. The molecule has 0 atom stereocenters. The van der Waals surface area contributed by atoms with Crippen molar-refractivity contribution in [1.82, 2.24) is 0 Å². The van der Waals surface area contributed by atoms with Gasteiger partial charge in [-0.25, -0.2) is 0 Å². The van der Waals surface area contributed by atoms with Gasteiger partial charge in [0.2, 0.25) is 0 Å². The molecule has 3 heteroatoms. The Balaban J connectivity index is 2.02. The van der Waals surface area contributed by atoms with Crippen LogP contribution in [0.25, 0.3) is 6.08 Å². The van der Waals surface area contributed by atoms with Crippen LogP contribution in [0.2, 0.25) is 0 Å². The van der Waals surface area contributed by atoms with Gasteiger partial charge in [0.1, 0.15) is 0 Å². The van der Waals surface area contributed by atoms with Crippen molar-refractivity contribution >= 4 is 17.7 Å². The molecular weight excluding hydrogens is 262 g/mol. The summed E-state index contributed by atoms with van der Waals surface area (Å²) in [5.41, 5.74) is 2.18. The van der Waals surface area contributed by atoms with Crippen LogP contribution in [0.1, 0.15) is 12.0 Å². The average molecular weight is 281 g/mol. The Labute approximate surface area is 125 Å². The van der Waals surface area contributed by atoms with Crippen LogP contribution in [0, 0.1) is 0 Å². The highest BCUT2D eigenvalue weighted by atomic mass is 16.4. The number of para-hydroxylation sites is 1. The molecule has 0 saturated heterocycles. The Morgan fingerprint density at radius 1 is 1.00 bits per heavy atom. The minimum Gasteiger partial charge on any atom is -0.481 e. The molecule has 0 bridgehead atoms. The maximum Gasteiger partial charge on any atom is 0.305 e. The number of anilines is 1. The van der Waals surface area contributed by atoms with E-state index in [2.05, 4.69) is 17.1 Å². The summed E-state index contributed by atoms with van der Waals surface area (Å²) in [7, 11) is 0. The first-order chi connectivity index (χ1) is 10.3. The molecule has 0 spiro atoms. The zero-order chi connectivity index (χ0) is 14.9. The van der Waals surface area contributed by atoms with Crippen LogP contribution >= 0.6 is 0 Å². The number of rotatable bonds is 7. The Hall–Kier alpha value is -2.55. The summed E-state index contributed by atoms with van der Waals surface area (Å²) in [6.45, 7) is 1.19. The van der Waals surface area contributed by atoms with Crippen LogP contribution in [0.3, 0.4) is 0 Å². The first-order valence-corrected chi connectivity index (χ1v) is 6.99. The zero-order valence-corrected chi connectivity index (χ0v) is 11.9. The molecule has 1 N–H and O–H groups in total. The first-order valence-electron chi connectivity index (χ1n) is 6.99. The third-order valence-electron chi connectivity index (χ3n) is 3.15. The van der Waals surface area contributed by atoms with Crippen molar-refractivity contribution in [2.24, 2.45) is 0 Å². The van der Waals surface area contributed by atoms with Crippen LogP contribution in [-0.2, 0) is 4.79 Å². The third-order valence-corrected chi connectivity index (χ3v) is 3.15. The largest absolute Gasteiger partial charge is 0.481 e. The van der Waals surface area contributed by atoms with E-state index in [4.69, 9.17) is 5.11 Å². The molecule has 0 radical (unpaired) electrons. The Morgan fingerprint density at radius 2 is 1.62 bits per heavy atom. The maximum absolute atomic E-state index is 10.8. The number of carboxylic acid groups (broad SMARTS) is 1. The molecule has 2 rings (SSSR count). The van der Waals surface area contributed by atoms with Gasteiger partial charge in [-0.2, -0.15) is 0 Å². The molecule has 0 aromatic heterocycles. The lowest BCUT2D eigenvalue weighted by atomic mass is 10.2. The van der Waals surface area contributed by atoms with Crippen molar-refractivity contribution in [3.8, 4) is 0 Å². The van der Waals surface area contributed by atoms with Gasteiger partial charge in [0, 0.05) is 18.8 Å². The van der Waals surface area contributed by atoms with E-state index < -0.39 is 5.97 Å². The van der Waals surface area contributed by atoms with Gasteiger partial charge in [-0.1, -0.05) is 60.7 Å². The molecule has 3 nitrogen and oxygen atoms in total. The number of carboxylic acids is 1. The predicted molar refractivity (Wildman–Crippen MR) is 86.4 cm³/mol. The second-order valence-electron chi connectivity index (χ2n) is 4.74. The molecule has 0 saturated carbocycles. The summed E-state index contributed by atoms with van der Waals surface area (Å²) in [5.74, 6) is -0.775. The topological polar surface area (TPSA) is 40.5 Å². The SMILES string of the molecule is O=C(O)CCN(C/C=C/c1ccccc1)c1ccccc1. The molecule has 108 valence electrons. The zero-order valence-electron chi connectivity index (χ0n) is 11.9. The minimum absolute atomic E-state index is 0.133. The van der Waals surface area contributed by atoms with E-state index in [1.165, 1.54) is 0 Å². The van der Waals surface area contributed by atoms with E-state index >= 15 is 0 Å². The summed E-state index contributed by atoms with van der Waals surface area (Å²) in [6, 6.07) is 19.9. The summed E-state index contributed by atoms with van der Waals surface area (Å²) in [6.07, 6.45) is 4.25. The highest BCUT2D eigenvalue weighted by Crippen LogP contribution is 2.14. The fourth-order valence-corrected chi connectivity index (χ4v) is 2.08. The van der Waals surface area contributed by atoms with Gasteiger partial charge in [0.25, 0.3) is 0 Å². The second kappa shape index (κ2) is 7.90. The van der Waals surface area contributed by atoms with Gasteiger partial charge in [-0.15, -0.1) is 0 Å². The highest BCUT2D eigenvalue weighted by molar-refractivity contribution is 5.67. The van der Waals surface area contributed by atoms with E-state index in [0.29, 0.717) is 13.1 Å². The average Bonchev–Trinajstić information content (AvgIpc) is 2.52. The van der Waals surface area contributed by atoms with Crippen molar-refractivity contribution in [3.63, 3.8) is 0 Å². The molecule has 0 fully saturated rings. The lowest BCUT2D eigenvalue weighted by molar-refractivity contribution is -0.136. The van der Waals surface area contributed by atoms with Gasteiger partial charge in [-0.3, -0.25) is 4.79 Å². The van der Waals surface area contributed by atoms with E-state index in [-0.39, 0.29) is 6.42 Å². The van der Waals surface area contributed by atoms with Gasteiger partial charge in [0.15, 0.2) is 0 Å². The quantitative estimate of drug-likeness (QED) is 0.841. The second-order valence-corrected chi connectivity index (χ2v) is 4.74. The summed E-state index contributed by atoms with van der Waals surface area (Å²) >= 11 is 0. The van der Waals surface area contributed by atoms with Crippen LogP contribution in [-0.4, -0.2) is 24.2 Å². The van der Waals surface area contributed by atoms with E-state index in [0.717, 1.165) is 11.3 Å². The lowest BCUT2D eigenvalue weighted by Crippen LogP contribution is -2.26. The molecule has 21 heavy (non-hydrogen) atoms. The highest BCUT2D eigenvalue weighted by Gasteiger charge is 2.06. The Bertz CT molecular complexity index is 579. The summed E-state index contributed by atoms with van der Waals surface area (Å²) in [4.78, 5) is 12.8. The van der Waals surface area contributed by atoms with Gasteiger partial charge < -0.3 is 10.0 Å². The third kappa shape index (κ3) is 5.15. The van der Waals surface area contributed by atoms with E-state index in [1.807, 2.05) is 60.7 Å². The standard InChI is InChI=1S/C18H19NO2/c20-18(21)13-15-19(17-11-5-2-6-12-17)14-7-10-16-8-3-1-4-9-16/h1-12H,13-15H2,(H,20,21)/b10-7+. The molecule has 0 aliphatic carbocycles. The molecule has 0 amide bonds. The normalized spacial score (nSPS) is 10.7. The number of hydrogen-bond acceptors (Lipinski definition) is 2. The molecule has 0 aliphatic rings. The Morgan fingerprint density at radius 3 is 2.24 bits per heavy atom. The molecule has 0 unspecified atom stereocenters. The Kier molecular flexibility index (Phi) is 5.59. The summed E-state index contributed by atoms with van der Waals surface area (Å²) in [5, 5.41) is 8.87. The van der Waals surface area contributed by atoms with E-state index in [1.54, 1.807) is 0 Å². The van der Waals surface area contributed by atoms with Gasteiger partial charge in [-0.05, 0) is 17.7 Å². The first kappa shape index (κ1) is 14.9. The fraction of sp³-hybridized carbons (Fsp3) is 0.167. The molecule has 2 aromatic carbocycles. The molecule has 0 aliphatic heterocycles. The number of aliphatic carboxylic acids is 1. The molecular formula is C18H19NO2. The van der Waals surface area contributed by atoms with Gasteiger partial charge in [0.05, 0.1) is 6.42 Å². The number of carbonyl (C=O) groups is 1. The van der Waals surface area contributed by atoms with Gasteiger partial charge >= 0.3 is 5.97 Å². The monoisotopic (exact) mass is 281 g/mol. The smallest absolute Gasteiger partial charge is 0.305 e. The minimum atomic E-state index is -0.775. The van der Waals surface area contributed by atoms with Crippen LogP contribution in [0.15, 0.2) is 66.7 Å². The van der Waals surface area contributed by atoms with Crippen LogP contribution in [0.5, 0.6) is 0 Å². The molecule has 0 heterocycles. The number of hydrogen-bond donors (Lipinski definition) is 1. The summed E-state index contributed by atoms with van der Waals surface area (Å²) < 4.78 is 0. The lowest BCUT2D eigenvalue weighted by Gasteiger charge is -2.22. The van der Waals surface area contributed by atoms with E-state index in [9.17, 15) is 4.79 Å². The van der Waals surface area contributed by atoms with Crippen LogP contribution < -0.4 is 4.90 Å². The molecule has 2 aromatic rings. The maximum atomic E-state index is 10.8. The van der Waals surface area contributed by atoms with Crippen molar-refractivity contribution < 1.29 is 9.90 Å². The number of benzene rings is 2. The van der Waals surface area contributed by atoms with Crippen LogP contribution in [0.4, 0.5) is 5.69 Å². The predicted octanol–water partition coefficient (Wildman–Crippen LogP) is 3.68.